The van der Waals surface area contributed by atoms with E-state index in [1.807, 2.05) is 6.92 Å². The van der Waals surface area contributed by atoms with Crippen LogP contribution >= 0.6 is 0 Å². The summed E-state index contributed by atoms with van der Waals surface area (Å²) in [6, 6.07) is 13.3. The van der Waals surface area contributed by atoms with Crippen LogP contribution in [0.1, 0.15) is 33.2 Å². The zero-order chi connectivity index (χ0) is 15.9. The summed E-state index contributed by atoms with van der Waals surface area (Å²) in [6.45, 7) is 2.48. The SMILES string of the molecule is CCOc1ccc(C(=O)/C=C/c2ccc(C(=O)O)cc2)cc1. The van der Waals surface area contributed by atoms with Crippen molar-refractivity contribution < 1.29 is 19.4 Å². The number of allylic oxidation sites excluding steroid dienone is 1. The number of carbonyl (C=O) groups is 2. The summed E-state index contributed by atoms with van der Waals surface area (Å²) in [4.78, 5) is 22.8. The highest BCUT2D eigenvalue weighted by molar-refractivity contribution is 6.06. The van der Waals surface area contributed by atoms with Crippen LogP contribution in [0.2, 0.25) is 0 Å². The molecule has 0 spiro atoms. The van der Waals surface area contributed by atoms with Crippen molar-refractivity contribution in [3.05, 3.63) is 71.3 Å². The van der Waals surface area contributed by atoms with Crippen molar-refractivity contribution in [2.24, 2.45) is 0 Å². The van der Waals surface area contributed by atoms with Crippen LogP contribution in [0.15, 0.2) is 54.6 Å². The molecule has 2 rings (SSSR count). The lowest BCUT2D eigenvalue weighted by atomic mass is 10.1. The van der Waals surface area contributed by atoms with Crippen LogP contribution in [0.5, 0.6) is 5.75 Å². The fourth-order valence-electron chi connectivity index (χ4n) is 1.89. The molecule has 4 nitrogen and oxygen atoms in total. The molecule has 2 aromatic rings. The molecular formula is C18H16O4. The molecule has 0 saturated carbocycles. The molecule has 0 aliphatic heterocycles. The Morgan fingerprint density at radius 1 is 1.00 bits per heavy atom. The minimum Gasteiger partial charge on any atom is -0.494 e. The predicted octanol–water partition coefficient (Wildman–Crippen LogP) is 3.68. The van der Waals surface area contributed by atoms with Crippen molar-refractivity contribution in [1.82, 2.24) is 0 Å². The molecule has 0 bridgehead atoms. The summed E-state index contributed by atoms with van der Waals surface area (Å²) in [7, 11) is 0. The molecule has 0 aromatic heterocycles. The van der Waals surface area contributed by atoms with E-state index in [0.717, 1.165) is 11.3 Å². The predicted molar refractivity (Wildman–Crippen MR) is 84.4 cm³/mol. The van der Waals surface area contributed by atoms with Gasteiger partial charge in [-0.2, -0.15) is 0 Å². The summed E-state index contributed by atoms with van der Waals surface area (Å²) >= 11 is 0. The van der Waals surface area contributed by atoms with E-state index in [1.165, 1.54) is 18.2 Å². The van der Waals surface area contributed by atoms with Crippen LogP contribution in [0.25, 0.3) is 6.08 Å². The lowest BCUT2D eigenvalue weighted by molar-refractivity contribution is 0.0696. The lowest BCUT2D eigenvalue weighted by Crippen LogP contribution is -1.96. The van der Waals surface area contributed by atoms with E-state index in [9.17, 15) is 9.59 Å². The van der Waals surface area contributed by atoms with Crippen LogP contribution in [0.3, 0.4) is 0 Å². The van der Waals surface area contributed by atoms with E-state index in [4.69, 9.17) is 9.84 Å². The van der Waals surface area contributed by atoms with Crippen LogP contribution in [-0.2, 0) is 0 Å². The second-order valence-corrected chi connectivity index (χ2v) is 4.58. The van der Waals surface area contributed by atoms with Gasteiger partial charge >= 0.3 is 5.97 Å². The molecular weight excluding hydrogens is 280 g/mol. The second-order valence-electron chi connectivity index (χ2n) is 4.58. The molecule has 0 atom stereocenters. The Labute approximate surface area is 128 Å². The third-order valence-electron chi connectivity index (χ3n) is 3.03. The Balaban J connectivity index is 2.05. The first-order valence-corrected chi connectivity index (χ1v) is 6.89. The number of ether oxygens (including phenoxy) is 1. The number of hydrogen-bond acceptors (Lipinski definition) is 3. The Bertz CT molecular complexity index is 682. The number of aromatic carboxylic acids is 1. The fourth-order valence-corrected chi connectivity index (χ4v) is 1.89. The molecule has 0 amide bonds. The summed E-state index contributed by atoms with van der Waals surface area (Å²) in [6.07, 6.45) is 3.12. The number of ketones is 1. The third kappa shape index (κ3) is 4.06. The summed E-state index contributed by atoms with van der Waals surface area (Å²) in [5, 5.41) is 8.82. The molecule has 112 valence electrons. The Morgan fingerprint density at radius 2 is 1.59 bits per heavy atom. The van der Waals surface area contributed by atoms with Gasteiger partial charge in [-0.15, -0.1) is 0 Å². The standard InChI is InChI=1S/C18H16O4/c1-2-22-16-10-8-14(9-11-16)17(19)12-5-13-3-6-15(7-4-13)18(20)21/h3-12H,2H2,1H3,(H,20,21)/b12-5+. The average Bonchev–Trinajstić information content (AvgIpc) is 2.54. The third-order valence-corrected chi connectivity index (χ3v) is 3.03. The summed E-state index contributed by atoms with van der Waals surface area (Å²) < 4.78 is 5.32. The fraction of sp³-hybridized carbons (Fsp3) is 0.111. The first-order chi connectivity index (χ1) is 10.6. The summed E-state index contributed by atoms with van der Waals surface area (Å²) in [5.41, 5.74) is 1.56. The van der Waals surface area contributed by atoms with Gasteiger partial charge in [0.1, 0.15) is 5.75 Å². The highest BCUT2D eigenvalue weighted by Crippen LogP contribution is 2.13. The van der Waals surface area contributed by atoms with Crippen molar-refractivity contribution >= 4 is 17.8 Å². The number of rotatable bonds is 6. The van der Waals surface area contributed by atoms with Gasteiger partial charge in [0.05, 0.1) is 12.2 Å². The molecule has 0 aliphatic rings. The first kappa shape index (κ1) is 15.5. The number of hydrogen-bond donors (Lipinski definition) is 1. The van der Waals surface area contributed by atoms with Crippen molar-refractivity contribution in [2.75, 3.05) is 6.61 Å². The number of carboxylic acid groups (broad SMARTS) is 1. The topological polar surface area (TPSA) is 63.6 Å². The maximum Gasteiger partial charge on any atom is 0.335 e. The quantitative estimate of drug-likeness (QED) is 0.652. The van der Waals surface area contributed by atoms with Crippen LogP contribution in [0.4, 0.5) is 0 Å². The minimum absolute atomic E-state index is 0.120. The molecule has 1 N–H and O–H groups in total. The van der Waals surface area contributed by atoms with Gasteiger partial charge in [0.25, 0.3) is 0 Å². The van der Waals surface area contributed by atoms with E-state index >= 15 is 0 Å². The van der Waals surface area contributed by atoms with Gasteiger partial charge in [-0.05, 0) is 55.0 Å². The number of carboxylic acids is 1. The van der Waals surface area contributed by atoms with Crippen molar-refractivity contribution in [2.45, 2.75) is 6.92 Å². The maximum absolute atomic E-state index is 12.0. The van der Waals surface area contributed by atoms with E-state index in [0.29, 0.717) is 12.2 Å². The zero-order valence-electron chi connectivity index (χ0n) is 12.2. The van der Waals surface area contributed by atoms with Gasteiger partial charge in [-0.3, -0.25) is 4.79 Å². The highest BCUT2D eigenvalue weighted by atomic mass is 16.5. The molecule has 0 unspecified atom stereocenters. The van der Waals surface area contributed by atoms with Gasteiger partial charge in [-0.1, -0.05) is 18.2 Å². The smallest absolute Gasteiger partial charge is 0.335 e. The summed E-state index contributed by atoms with van der Waals surface area (Å²) in [5.74, 6) is -0.362. The number of carbonyl (C=O) groups excluding carboxylic acids is 1. The van der Waals surface area contributed by atoms with Crippen molar-refractivity contribution in [3.63, 3.8) is 0 Å². The molecule has 0 heterocycles. The Hall–Kier alpha value is -2.88. The first-order valence-electron chi connectivity index (χ1n) is 6.89. The maximum atomic E-state index is 12.0. The van der Waals surface area contributed by atoms with E-state index in [1.54, 1.807) is 42.5 Å². The minimum atomic E-state index is -0.971. The van der Waals surface area contributed by atoms with Crippen LogP contribution in [-0.4, -0.2) is 23.5 Å². The molecule has 22 heavy (non-hydrogen) atoms. The Morgan fingerprint density at radius 3 is 2.14 bits per heavy atom. The lowest BCUT2D eigenvalue weighted by Gasteiger charge is -2.02. The largest absolute Gasteiger partial charge is 0.494 e. The molecule has 0 saturated heterocycles. The Kier molecular flexibility index (Phi) is 5.09. The van der Waals surface area contributed by atoms with E-state index < -0.39 is 5.97 Å². The van der Waals surface area contributed by atoms with E-state index in [2.05, 4.69) is 0 Å². The van der Waals surface area contributed by atoms with Crippen molar-refractivity contribution in [1.29, 1.82) is 0 Å². The second kappa shape index (κ2) is 7.22. The van der Waals surface area contributed by atoms with Gasteiger partial charge in [0.15, 0.2) is 5.78 Å². The van der Waals surface area contributed by atoms with Gasteiger partial charge in [0, 0.05) is 5.56 Å². The molecule has 0 radical (unpaired) electrons. The normalized spacial score (nSPS) is 10.6. The van der Waals surface area contributed by atoms with Crippen LogP contribution < -0.4 is 4.74 Å². The van der Waals surface area contributed by atoms with E-state index in [-0.39, 0.29) is 11.3 Å². The molecule has 2 aromatic carbocycles. The zero-order valence-corrected chi connectivity index (χ0v) is 12.2. The van der Waals surface area contributed by atoms with Crippen LogP contribution in [0, 0.1) is 0 Å². The van der Waals surface area contributed by atoms with Crippen molar-refractivity contribution in [3.8, 4) is 5.75 Å². The van der Waals surface area contributed by atoms with Gasteiger partial charge in [0.2, 0.25) is 0 Å². The highest BCUT2D eigenvalue weighted by Gasteiger charge is 2.03. The number of benzene rings is 2. The van der Waals surface area contributed by atoms with Gasteiger partial charge in [-0.25, -0.2) is 4.79 Å². The molecule has 0 fully saturated rings. The molecule has 4 heteroatoms. The average molecular weight is 296 g/mol. The molecule has 0 aliphatic carbocycles. The monoisotopic (exact) mass is 296 g/mol. The van der Waals surface area contributed by atoms with Gasteiger partial charge < -0.3 is 9.84 Å².